The van der Waals surface area contributed by atoms with Gasteiger partial charge in [-0.2, -0.15) is 0 Å². The highest BCUT2D eigenvalue weighted by molar-refractivity contribution is 6.33. The second kappa shape index (κ2) is 3.18. The van der Waals surface area contributed by atoms with Gasteiger partial charge in [-0.05, 0) is 6.07 Å². The Morgan fingerprint density at radius 3 is 2.85 bits per heavy atom. The van der Waals surface area contributed by atoms with E-state index in [1.807, 2.05) is 0 Å². The first kappa shape index (κ1) is 8.26. The van der Waals surface area contributed by atoms with Crippen molar-refractivity contribution < 1.29 is 8.91 Å². The van der Waals surface area contributed by atoms with Crippen molar-refractivity contribution in [2.75, 3.05) is 0 Å². The fraction of sp³-hybridized carbons (Fsp3) is 0. The lowest BCUT2D eigenvalue weighted by Crippen LogP contribution is -1.82. The van der Waals surface area contributed by atoms with E-state index in [4.69, 9.17) is 11.6 Å². The van der Waals surface area contributed by atoms with Gasteiger partial charge in [0.25, 0.3) is 0 Å². The second-order valence-electron chi connectivity index (χ2n) is 2.49. The quantitative estimate of drug-likeness (QED) is 0.702. The van der Waals surface area contributed by atoms with E-state index < -0.39 is 5.82 Å². The Hall–Kier alpha value is -1.35. The highest BCUT2D eigenvalue weighted by atomic mass is 35.5. The molecule has 0 saturated heterocycles. The zero-order valence-electron chi connectivity index (χ0n) is 6.50. The van der Waals surface area contributed by atoms with Crippen LogP contribution in [0.3, 0.4) is 0 Å². The van der Waals surface area contributed by atoms with Crippen molar-refractivity contribution in [2.45, 2.75) is 0 Å². The number of hydrogen-bond acceptors (Lipinski definition) is 2. The van der Waals surface area contributed by atoms with Gasteiger partial charge in [0.2, 0.25) is 0 Å². The third kappa shape index (κ3) is 1.42. The van der Waals surface area contributed by atoms with E-state index in [9.17, 15) is 4.39 Å². The predicted octanol–water partition coefficient (Wildman–Crippen LogP) is 3.13. The minimum absolute atomic E-state index is 0.0661. The molecule has 0 aliphatic heterocycles. The number of rotatable bonds is 1. The number of benzene rings is 1. The van der Waals surface area contributed by atoms with Crippen molar-refractivity contribution in [2.24, 2.45) is 0 Å². The molecule has 0 bridgehead atoms. The molecule has 1 aromatic carbocycles. The molecular weight excluding hydrogens is 193 g/mol. The summed E-state index contributed by atoms with van der Waals surface area (Å²) in [6, 6.07) is 6.18. The van der Waals surface area contributed by atoms with Gasteiger partial charge >= 0.3 is 0 Å². The van der Waals surface area contributed by atoms with Crippen LogP contribution in [0.1, 0.15) is 0 Å². The van der Waals surface area contributed by atoms with Crippen molar-refractivity contribution in [1.82, 2.24) is 5.16 Å². The molecule has 4 heteroatoms. The fourth-order valence-electron chi connectivity index (χ4n) is 1.05. The van der Waals surface area contributed by atoms with Crippen LogP contribution in [-0.4, -0.2) is 5.16 Å². The molecule has 0 aliphatic carbocycles. The zero-order chi connectivity index (χ0) is 9.26. The van der Waals surface area contributed by atoms with Gasteiger partial charge < -0.3 is 4.52 Å². The molecule has 0 N–H and O–H groups in total. The Bertz CT molecular complexity index is 414. The average Bonchev–Trinajstić information content (AvgIpc) is 2.62. The minimum atomic E-state index is -0.456. The first-order chi connectivity index (χ1) is 6.29. The molecule has 13 heavy (non-hydrogen) atoms. The molecule has 0 fully saturated rings. The highest BCUT2D eigenvalue weighted by Crippen LogP contribution is 2.28. The fourth-order valence-corrected chi connectivity index (χ4v) is 1.28. The molecule has 2 nitrogen and oxygen atoms in total. The van der Waals surface area contributed by atoms with Crippen LogP contribution < -0.4 is 0 Å². The number of nitrogens with zero attached hydrogens (tertiary/aromatic N) is 1. The average molecular weight is 198 g/mol. The van der Waals surface area contributed by atoms with Crippen molar-refractivity contribution in [3.63, 3.8) is 0 Å². The standard InChI is InChI=1S/C9H5ClFNO/c10-9-6(2-1-3-7(9)11)8-4-5-13-12-8/h1-5H. The summed E-state index contributed by atoms with van der Waals surface area (Å²) in [7, 11) is 0. The van der Waals surface area contributed by atoms with Gasteiger partial charge in [-0.25, -0.2) is 4.39 Å². The van der Waals surface area contributed by atoms with E-state index in [0.29, 0.717) is 11.3 Å². The lowest BCUT2D eigenvalue weighted by Gasteiger charge is -1.99. The molecule has 0 saturated carbocycles. The topological polar surface area (TPSA) is 26.0 Å². The predicted molar refractivity (Wildman–Crippen MR) is 46.9 cm³/mol. The summed E-state index contributed by atoms with van der Waals surface area (Å²) in [5.41, 5.74) is 1.07. The Labute approximate surface area is 78.9 Å². The molecule has 0 atom stereocenters. The smallest absolute Gasteiger partial charge is 0.142 e. The molecule has 0 radical (unpaired) electrons. The number of aromatic nitrogens is 1. The molecule has 2 aromatic rings. The summed E-state index contributed by atoms with van der Waals surface area (Å²) in [6.07, 6.45) is 1.41. The summed E-state index contributed by atoms with van der Waals surface area (Å²) in [6.45, 7) is 0. The summed E-state index contributed by atoms with van der Waals surface area (Å²) in [5, 5.41) is 3.73. The van der Waals surface area contributed by atoms with Crippen LogP contribution in [0, 0.1) is 5.82 Å². The Balaban J connectivity index is 2.59. The van der Waals surface area contributed by atoms with Crippen LogP contribution in [0.25, 0.3) is 11.3 Å². The monoisotopic (exact) mass is 197 g/mol. The molecule has 2 rings (SSSR count). The van der Waals surface area contributed by atoms with E-state index in [-0.39, 0.29) is 5.02 Å². The van der Waals surface area contributed by atoms with Crippen molar-refractivity contribution in [3.05, 3.63) is 41.4 Å². The van der Waals surface area contributed by atoms with Crippen LogP contribution >= 0.6 is 11.6 Å². The summed E-state index contributed by atoms with van der Waals surface area (Å²) < 4.78 is 17.6. The van der Waals surface area contributed by atoms with Crippen LogP contribution in [0.4, 0.5) is 4.39 Å². The van der Waals surface area contributed by atoms with Gasteiger partial charge in [0.15, 0.2) is 0 Å². The van der Waals surface area contributed by atoms with Gasteiger partial charge in [-0.1, -0.05) is 28.9 Å². The first-order valence-corrected chi connectivity index (χ1v) is 4.01. The van der Waals surface area contributed by atoms with E-state index in [1.165, 1.54) is 12.3 Å². The SMILES string of the molecule is Fc1cccc(-c2ccon2)c1Cl. The molecule has 1 heterocycles. The largest absolute Gasteiger partial charge is 0.364 e. The summed E-state index contributed by atoms with van der Waals surface area (Å²) in [5.74, 6) is -0.456. The highest BCUT2D eigenvalue weighted by Gasteiger charge is 2.09. The second-order valence-corrected chi connectivity index (χ2v) is 2.86. The van der Waals surface area contributed by atoms with Crippen molar-refractivity contribution in [1.29, 1.82) is 0 Å². The molecule has 0 unspecified atom stereocenters. The van der Waals surface area contributed by atoms with E-state index >= 15 is 0 Å². The van der Waals surface area contributed by atoms with Crippen molar-refractivity contribution >= 4 is 11.6 Å². The maximum absolute atomic E-state index is 13.0. The molecular formula is C9H5ClFNO. The molecule has 0 aliphatic rings. The van der Waals surface area contributed by atoms with Crippen LogP contribution in [0.15, 0.2) is 35.1 Å². The minimum Gasteiger partial charge on any atom is -0.364 e. The third-order valence-electron chi connectivity index (χ3n) is 1.67. The van der Waals surface area contributed by atoms with Crippen LogP contribution in [0.5, 0.6) is 0 Å². The van der Waals surface area contributed by atoms with Gasteiger partial charge in [-0.3, -0.25) is 0 Å². The van der Waals surface area contributed by atoms with Crippen LogP contribution in [-0.2, 0) is 0 Å². The molecule has 66 valence electrons. The number of halogens is 2. The molecule has 1 aromatic heterocycles. The summed E-state index contributed by atoms with van der Waals surface area (Å²) in [4.78, 5) is 0. The Morgan fingerprint density at radius 1 is 1.31 bits per heavy atom. The van der Waals surface area contributed by atoms with Gasteiger partial charge in [0.05, 0.1) is 5.02 Å². The lowest BCUT2D eigenvalue weighted by atomic mass is 10.1. The number of hydrogen-bond donors (Lipinski definition) is 0. The Kier molecular flexibility index (Phi) is 2.02. The Morgan fingerprint density at radius 2 is 2.15 bits per heavy atom. The molecule has 0 spiro atoms. The van der Waals surface area contributed by atoms with Crippen molar-refractivity contribution in [3.8, 4) is 11.3 Å². The van der Waals surface area contributed by atoms with E-state index in [1.54, 1.807) is 18.2 Å². The van der Waals surface area contributed by atoms with Gasteiger partial charge in [-0.15, -0.1) is 0 Å². The van der Waals surface area contributed by atoms with Crippen LogP contribution in [0.2, 0.25) is 5.02 Å². The van der Waals surface area contributed by atoms with Gasteiger partial charge in [0.1, 0.15) is 17.8 Å². The molecule has 0 amide bonds. The van der Waals surface area contributed by atoms with E-state index in [2.05, 4.69) is 9.68 Å². The normalized spacial score (nSPS) is 10.3. The van der Waals surface area contributed by atoms with E-state index in [0.717, 1.165) is 0 Å². The van der Waals surface area contributed by atoms with Gasteiger partial charge in [0, 0.05) is 11.6 Å². The maximum Gasteiger partial charge on any atom is 0.142 e. The zero-order valence-corrected chi connectivity index (χ0v) is 7.25. The maximum atomic E-state index is 13.0. The lowest BCUT2D eigenvalue weighted by molar-refractivity contribution is 0.422. The third-order valence-corrected chi connectivity index (χ3v) is 2.05. The summed E-state index contributed by atoms with van der Waals surface area (Å²) >= 11 is 5.73. The first-order valence-electron chi connectivity index (χ1n) is 3.64.